The first kappa shape index (κ1) is 18.5. The number of nitrogens with two attached hydrogens (primary N) is 1. The van der Waals surface area contributed by atoms with E-state index < -0.39 is 12.0 Å². The van der Waals surface area contributed by atoms with Crippen LogP contribution in [0.4, 0.5) is 0 Å². The highest BCUT2D eigenvalue weighted by Gasteiger charge is 2.21. The van der Waals surface area contributed by atoms with Crippen LogP contribution in [-0.4, -0.2) is 41.1 Å². The molecule has 0 spiro atoms. The van der Waals surface area contributed by atoms with Crippen molar-refractivity contribution in [3.8, 4) is 5.75 Å². The summed E-state index contributed by atoms with van der Waals surface area (Å²) >= 11 is 5.95. The Bertz CT molecular complexity index is 554. The zero-order chi connectivity index (χ0) is 15.4. The number of ether oxygens (including phenoxy) is 1. The van der Waals surface area contributed by atoms with Gasteiger partial charge in [-0.15, -0.1) is 12.4 Å². The van der Waals surface area contributed by atoms with Gasteiger partial charge in [0.2, 0.25) is 5.91 Å². The number of benzene rings is 1. The minimum absolute atomic E-state index is 0. The molecule has 1 amide bonds. The molecule has 1 aromatic carbocycles. The molecule has 8 heteroatoms. The van der Waals surface area contributed by atoms with Crippen LogP contribution in [0, 0.1) is 0 Å². The average molecular weight is 349 g/mol. The van der Waals surface area contributed by atoms with E-state index in [1.165, 1.54) is 0 Å². The highest BCUT2D eigenvalue weighted by molar-refractivity contribution is 6.30. The van der Waals surface area contributed by atoms with Crippen LogP contribution < -0.4 is 10.5 Å². The number of fused-ring (bicyclic) bond motifs is 1. The molecular formula is C14H18Cl2N2O4. The number of carboxylic acid groups (broad SMARTS) is 1. The number of carbonyl (C=O) groups is 2. The third-order valence-corrected chi connectivity index (χ3v) is 3.58. The fourth-order valence-electron chi connectivity index (χ4n) is 2.14. The molecule has 22 heavy (non-hydrogen) atoms. The van der Waals surface area contributed by atoms with E-state index in [1.807, 2.05) is 0 Å². The zero-order valence-corrected chi connectivity index (χ0v) is 13.4. The lowest BCUT2D eigenvalue weighted by molar-refractivity contribution is -0.139. The highest BCUT2D eigenvalue weighted by atomic mass is 35.5. The third kappa shape index (κ3) is 4.76. The van der Waals surface area contributed by atoms with Gasteiger partial charge in [0.25, 0.3) is 0 Å². The maximum atomic E-state index is 12.2. The summed E-state index contributed by atoms with van der Waals surface area (Å²) in [5.74, 6) is -0.515. The number of nitrogens with zero attached hydrogens (tertiary/aromatic N) is 1. The molecule has 1 aromatic rings. The summed E-state index contributed by atoms with van der Waals surface area (Å²) in [5, 5.41) is 9.31. The number of rotatable bonds is 4. The van der Waals surface area contributed by atoms with Crippen LogP contribution >= 0.6 is 24.0 Å². The SMILES string of the molecule is Cl.NC(CCC(=O)N1CCOc2ccc(Cl)cc2C1)C(=O)O. The number of hydrogen-bond donors (Lipinski definition) is 2. The van der Waals surface area contributed by atoms with E-state index in [0.29, 0.717) is 24.7 Å². The molecule has 1 heterocycles. The third-order valence-electron chi connectivity index (χ3n) is 3.34. The normalized spacial score (nSPS) is 14.9. The molecular weight excluding hydrogens is 331 g/mol. The second kappa shape index (κ2) is 8.22. The standard InChI is InChI=1S/C14H17ClN2O4.ClH/c15-10-1-3-12-9(7-10)8-17(5-6-21-12)13(18)4-2-11(16)14(19)20;/h1,3,7,11H,2,4-6,8,16H2,(H,19,20);1H. The maximum absolute atomic E-state index is 12.2. The number of halogens is 2. The lowest BCUT2D eigenvalue weighted by Gasteiger charge is -2.20. The van der Waals surface area contributed by atoms with Gasteiger partial charge in [-0.3, -0.25) is 9.59 Å². The second-order valence-corrected chi connectivity index (χ2v) is 5.34. The van der Waals surface area contributed by atoms with Gasteiger partial charge in [-0.2, -0.15) is 0 Å². The molecule has 0 bridgehead atoms. The van der Waals surface area contributed by atoms with Crippen LogP contribution in [0.2, 0.25) is 5.02 Å². The summed E-state index contributed by atoms with van der Waals surface area (Å²) in [4.78, 5) is 24.5. The van der Waals surface area contributed by atoms with Crippen LogP contribution in [0.3, 0.4) is 0 Å². The van der Waals surface area contributed by atoms with E-state index in [-0.39, 0.29) is 31.2 Å². The number of aliphatic carboxylic acids is 1. The van der Waals surface area contributed by atoms with Crippen LogP contribution in [-0.2, 0) is 16.1 Å². The molecule has 0 radical (unpaired) electrons. The van der Waals surface area contributed by atoms with Gasteiger partial charge >= 0.3 is 5.97 Å². The average Bonchev–Trinajstić information content (AvgIpc) is 2.65. The number of carboxylic acids is 1. The Hall–Kier alpha value is -1.50. The second-order valence-electron chi connectivity index (χ2n) is 4.90. The van der Waals surface area contributed by atoms with Crippen molar-refractivity contribution in [1.82, 2.24) is 4.90 Å². The fraction of sp³-hybridized carbons (Fsp3) is 0.429. The molecule has 1 atom stereocenters. The summed E-state index contributed by atoms with van der Waals surface area (Å²) in [6.07, 6.45) is 0.220. The Morgan fingerprint density at radius 1 is 1.45 bits per heavy atom. The van der Waals surface area contributed by atoms with E-state index >= 15 is 0 Å². The van der Waals surface area contributed by atoms with Crippen molar-refractivity contribution in [2.45, 2.75) is 25.4 Å². The monoisotopic (exact) mass is 348 g/mol. The topological polar surface area (TPSA) is 92.9 Å². The van der Waals surface area contributed by atoms with Gasteiger partial charge in [-0.25, -0.2) is 0 Å². The number of hydrogen-bond acceptors (Lipinski definition) is 4. The smallest absolute Gasteiger partial charge is 0.320 e. The van der Waals surface area contributed by atoms with E-state index in [4.69, 9.17) is 27.2 Å². The first-order valence-electron chi connectivity index (χ1n) is 6.65. The molecule has 0 fully saturated rings. The van der Waals surface area contributed by atoms with Crippen LogP contribution in [0.25, 0.3) is 0 Å². The fourth-order valence-corrected chi connectivity index (χ4v) is 2.33. The van der Waals surface area contributed by atoms with Gasteiger partial charge in [-0.05, 0) is 24.6 Å². The lowest BCUT2D eigenvalue weighted by atomic mass is 10.1. The first-order valence-corrected chi connectivity index (χ1v) is 7.02. The Morgan fingerprint density at radius 3 is 2.86 bits per heavy atom. The molecule has 0 saturated heterocycles. The van der Waals surface area contributed by atoms with E-state index in [9.17, 15) is 9.59 Å². The zero-order valence-electron chi connectivity index (χ0n) is 11.8. The van der Waals surface area contributed by atoms with E-state index in [1.54, 1.807) is 23.1 Å². The summed E-state index contributed by atoms with van der Waals surface area (Å²) in [6, 6.07) is 4.28. The van der Waals surface area contributed by atoms with Crippen molar-refractivity contribution < 1.29 is 19.4 Å². The summed E-state index contributed by atoms with van der Waals surface area (Å²) in [7, 11) is 0. The van der Waals surface area contributed by atoms with Crippen molar-refractivity contribution in [1.29, 1.82) is 0 Å². The largest absolute Gasteiger partial charge is 0.491 e. The van der Waals surface area contributed by atoms with Crippen molar-refractivity contribution in [2.75, 3.05) is 13.2 Å². The summed E-state index contributed by atoms with van der Waals surface area (Å²) < 4.78 is 5.58. The van der Waals surface area contributed by atoms with Crippen molar-refractivity contribution in [2.24, 2.45) is 5.73 Å². The minimum Gasteiger partial charge on any atom is -0.491 e. The van der Waals surface area contributed by atoms with Gasteiger partial charge in [-0.1, -0.05) is 11.6 Å². The quantitative estimate of drug-likeness (QED) is 0.863. The van der Waals surface area contributed by atoms with Gasteiger partial charge in [0.1, 0.15) is 18.4 Å². The highest BCUT2D eigenvalue weighted by Crippen LogP contribution is 2.26. The molecule has 122 valence electrons. The van der Waals surface area contributed by atoms with Gasteiger partial charge < -0.3 is 20.5 Å². The molecule has 0 aliphatic carbocycles. The Balaban J connectivity index is 0.00000242. The predicted octanol–water partition coefficient (Wildman–Crippen LogP) is 1.67. The summed E-state index contributed by atoms with van der Waals surface area (Å²) in [6.45, 7) is 1.25. The van der Waals surface area contributed by atoms with Gasteiger partial charge in [0.15, 0.2) is 0 Å². The maximum Gasteiger partial charge on any atom is 0.320 e. The molecule has 1 unspecified atom stereocenters. The molecule has 2 rings (SSSR count). The predicted molar refractivity (Wildman–Crippen MR) is 84.5 cm³/mol. The molecule has 1 aliphatic rings. The molecule has 0 aromatic heterocycles. The summed E-state index contributed by atoms with van der Waals surface area (Å²) in [5.41, 5.74) is 6.25. The Kier molecular flexibility index (Phi) is 6.93. The van der Waals surface area contributed by atoms with Gasteiger partial charge in [0.05, 0.1) is 6.54 Å². The van der Waals surface area contributed by atoms with E-state index in [0.717, 1.165) is 11.3 Å². The Morgan fingerprint density at radius 2 is 2.18 bits per heavy atom. The molecule has 6 nitrogen and oxygen atoms in total. The van der Waals surface area contributed by atoms with Crippen LogP contribution in [0.1, 0.15) is 18.4 Å². The van der Waals surface area contributed by atoms with Crippen molar-refractivity contribution >= 4 is 35.9 Å². The van der Waals surface area contributed by atoms with Crippen molar-refractivity contribution in [3.05, 3.63) is 28.8 Å². The molecule has 1 aliphatic heterocycles. The lowest BCUT2D eigenvalue weighted by Crippen LogP contribution is -2.35. The minimum atomic E-state index is -1.10. The van der Waals surface area contributed by atoms with Crippen molar-refractivity contribution in [3.63, 3.8) is 0 Å². The first-order chi connectivity index (χ1) is 9.97. The molecule has 3 N–H and O–H groups in total. The van der Waals surface area contributed by atoms with Crippen LogP contribution in [0.5, 0.6) is 5.75 Å². The molecule has 0 saturated carbocycles. The van der Waals surface area contributed by atoms with Crippen LogP contribution in [0.15, 0.2) is 18.2 Å². The number of amides is 1. The Labute approximate surface area is 139 Å². The van der Waals surface area contributed by atoms with Gasteiger partial charge in [0, 0.05) is 23.6 Å². The van der Waals surface area contributed by atoms with E-state index in [2.05, 4.69) is 0 Å². The number of carbonyl (C=O) groups excluding carboxylic acids is 1.